The van der Waals surface area contributed by atoms with Gasteiger partial charge in [0, 0.05) is 36.0 Å². The number of amides is 1. The lowest BCUT2D eigenvalue weighted by atomic mass is 10.1. The number of benzene rings is 3. The fourth-order valence-corrected chi connectivity index (χ4v) is 4.82. The largest absolute Gasteiger partial charge is 0.506 e. The summed E-state index contributed by atoms with van der Waals surface area (Å²) >= 11 is 6.48. The Morgan fingerprint density at radius 3 is 2.77 bits per heavy atom. The second-order valence-corrected chi connectivity index (χ2v) is 10.9. The molecule has 3 N–H and O–H groups in total. The van der Waals surface area contributed by atoms with Crippen LogP contribution in [0, 0.1) is 17.1 Å². The molecule has 0 aliphatic carbocycles. The molecule has 1 heterocycles. The number of nitrogens with zero attached hydrogens (tertiary/aromatic N) is 3. The van der Waals surface area contributed by atoms with Crippen LogP contribution >= 0.6 is 11.6 Å². The van der Waals surface area contributed by atoms with Crippen molar-refractivity contribution >= 4 is 45.5 Å². The lowest BCUT2D eigenvalue weighted by molar-refractivity contribution is -0.111. The monoisotopic (exact) mass is 615 g/mol. The number of hydrogen-bond donors (Lipinski definition) is 3. The standard InChI is InChI=1S/C34H35ClFN5O3/c1-3-4-5-6-14-41(2)15-8-11-33(43)40-30-18-27-29(19-31(30)42)38-21-24(20-37)34(27)39-26-12-13-32(28(35)17-26)44-22-23-9-7-10-25(36)16-23/h7-13,16-19,21,42H,3-6,14-15,22H2,1-2H3,(H,38,39)(H,40,43)/b11-8+. The average molecular weight is 616 g/mol. The topological polar surface area (TPSA) is 111 Å². The van der Waals surface area contributed by atoms with E-state index in [0.717, 1.165) is 13.0 Å². The molecule has 1 aromatic heterocycles. The average Bonchev–Trinajstić information content (AvgIpc) is 3.00. The van der Waals surface area contributed by atoms with Crippen molar-refractivity contribution in [3.8, 4) is 17.6 Å². The van der Waals surface area contributed by atoms with E-state index in [2.05, 4.69) is 33.5 Å². The molecule has 0 saturated carbocycles. The summed E-state index contributed by atoms with van der Waals surface area (Å²) in [7, 11) is 2.01. The number of likely N-dealkylation sites (N-methyl/N-ethyl adjacent to an activating group) is 1. The first-order chi connectivity index (χ1) is 21.3. The highest BCUT2D eigenvalue weighted by Crippen LogP contribution is 2.37. The minimum atomic E-state index is -0.390. The summed E-state index contributed by atoms with van der Waals surface area (Å²) in [6, 6.07) is 16.3. The molecule has 0 atom stereocenters. The molecule has 10 heteroatoms. The van der Waals surface area contributed by atoms with Crippen LogP contribution in [0.5, 0.6) is 11.5 Å². The maximum atomic E-state index is 13.5. The van der Waals surface area contributed by atoms with Gasteiger partial charge in [0.1, 0.15) is 30.0 Å². The quantitative estimate of drug-likeness (QED) is 0.0750. The molecule has 8 nitrogen and oxygen atoms in total. The van der Waals surface area contributed by atoms with Gasteiger partial charge in [-0.05, 0) is 62.0 Å². The van der Waals surface area contributed by atoms with Crippen LogP contribution in [0.2, 0.25) is 5.02 Å². The van der Waals surface area contributed by atoms with Crippen molar-refractivity contribution in [1.82, 2.24) is 9.88 Å². The van der Waals surface area contributed by atoms with E-state index in [-0.39, 0.29) is 29.4 Å². The smallest absolute Gasteiger partial charge is 0.248 e. The molecular weight excluding hydrogens is 581 g/mol. The van der Waals surface area contributed by atoms with Crippen LogP contribution in [0.4, 0.5) is 21.5 Å². The second-order valence-electron chi connectivity index (χ2n) is 10.4. The Labute approximate surface area is 261 Å². The van der Waals surface area contributed by atoms with Gasteiger partial charge in [-0.3, -0.25) is 9.78 Å². The summed E-state index contributed by atoms with van der Waals surface area (Å²) in [5.41, 5.74) is 2.51. The highest BCUT2D eigenvalue weighted by atomic mass is 35.5. The van der Waals surface area contributed by atoms with Gasteiger partial charge in [-0.15, -0.1) is 0 Å². The van der Waals surface area contributed by atoms with Crippen LogP contribution in [0.15, 0.2) is 72.9 Å². The zero-order chi connectivity index (χ0) is 31.5. The highest BCUT2D eigenvalue weighted by molar-refractivity contribution is 6.32. The van der Waals surface area contributed by atoms with E-state index < -0.39 is 5.91 Å². The molecule has 3 aromatic carbocycles. The number of hydrogen-bond acceptors (Lipinski definition) is 7. The van der Waals surface area contributed by atoms with Crippen molar-refractivity contribution in [3.05, 3.63) is 94.9 Å². The Balaban J connectivity index is 1.49. The summed E-state index contributed by atoms with van der Waals surface area (Å²) in [6.45, 7) is 3.90. The third-order valence-corrected chi connectivity index (χ3v) is 7.22. The van der Waals surface area contributed by atoms with Crippen molar-refractivity contribution in [2.45, 2.75) is 39.2 Å². The number of aromatic hydroxyl groups is 1. The van der Waals surface area contributed by atoms with E-state index in [1.165, 1.54) is 49.7 Å². The number of unbranched alkanes of at least 4 members (excludes halogenated alkanes) is 3. The fraction of sp³-hybridized carbons (Fsp3) is 0.265. The van der Waals surface area contributed by atoms with Gasteiger partial charge in [-0.1, -0.05) is 56.0 Å². The van der Waals surface area contributed by atoms with E-state index in [1.807, 2.05) is 7.05 Å². The highest BCUT2D eigenvalue weighted by Gasteiger charge is 2.15. The first-order valence-corrected chi connectivity index (χ1v) is 14.8. The number of phenols is 1. The van der Waals surface area contributed by atoms with E-state index in [1.54, 1.807) is 42.5 Å². The molecule has 4 aromatic rings. The number of anilines is 3. The van der Waals surface area contributed by atoms with E-state index in [0.29, 0.717) is 45.2 Å². The van der Waals surface area contributed by atoms with Crippen LogP contribution in [-0.2, 0) is 11.4 Å². The second kappa shape index (κ2) is 15.7. The molecule has 0 aliphatic rings. The number of nitrogens with one attached hydrogen (secondary N) is 2. The number of carbonyl (C=O) groups is 1. The normalized spacial score (nSPS) is 11.2. The first-order valence-electron chi connectivity index (χ1n) is 14.4. The summed E-state index contributed by atoms with van der Waals surface area (Å²) in [5, 5.41) is 27.2. The summed E-state index contributed by atoms with van der Waals surface area (Å²) in [6.07, 6.45) is 9.34. The third-order valence-electron chi connectivity index (χ3n) is 6.93. The molecule has 0 radical (unpaired) electrons. The number of ether oxygens (including phenoxy) is 1. The molecule has 228 valence electrons. The Morgan fingerprint density at radius 1 is 1.18 bits per heavy atom. The Morgan fingerprint density at radius 2 is 2.02 bits per heavy atom. The SMILES string of the molecule is CCCCCCN(C)C/C=C/C(=O)Nc1cc2c(Nc3ccc(OCc4cccc(F)c4)c(Cl)c3)c(C#N)cnc2cc1O. The number of fused-ring (bicyclic) bond motifs is 1. The predicted molar refractivity (Wildman–Crippen MR) is 173 cm³/mol. The van der Waals surface area contributed by atoms with E-state index >= 15 is 0 Å². The number of halogens is 2. The third kappa shape index (κ3) is 8.93. The van der Waals surface area contributed by atoms with Gasteiger partial charge in [0.25, 0.3) is 0 Å². The Bertz CT molecular complexity index is 1690. The minimum absolute atomic E-state index is 0.140. The van der Waals surface area contributed by atoms with Crippen molar-refractivity contribution in [3.63, 3.8) is 0 Å². The van der Waals surface area contributed by atoms with Gasteiger partial charge >= 0.3 is 0 Å². The number of carbonyl (C=O) groups excluding carboxylic acids is 1. The summed E-state index contributed by atoms with van der Waals surface area (Å²) in [4.78, 5) is 19.1. The Hall–Kier alpha value is -4.65. The van der Waals surface area contributed by atoms with Crippen molar-refractivity contribution in [1.29, 1.82) is 5.26 Å². The molecule has 44 heavy (non-hydrogen) atoms. The van der Waals surface area contributed by atoms with Gasteiger partial charge in [0.2, 0.25) is 5.91 Å². The van der Waals surface area contributed by atoms with Crippen LogP contribution in [0.25, 0.3) is 10.9 Å². The zero-order valence-electron chi connectivity index (χ0n) is 24.7. The first kappa shape index (κ1) is 32.3. The molecule has 1 amide bonds. The molecule has 0 bridgehead atoms. The van der Waals surface area contributed by atoms with Crippen LogP contribution < -0.4 is 15.4 Å². The lowest BCUT2D eigenvalue weighted by Crippen LogP contribution is -2.20. The van der Waals surface area contributed by atoms with Gasteiger partial charge in [-0.2, -0.15) is 5.26 Å². The van der Waals surface area contributed by atoms with Crippen molar-refractivity contribution in [2.24, 2.45) is 0 Å². The molecule has 0 aliphatic heterocycles. The van der Waals surface area contributed by atoms with Crippen molar-refractivity contribution in [2.75, 3.05) is 30.8 Å². The maximum absolute atomic E-state index is 13.5. The van der Waals surface area contributed by atoms with Crippen molar-refractivity contribution < 1.29 is 19.0 Å². The summed E-state index contributed by atoms with van der Waals surface area (Å²) < 4.78 is 19.3. The molecule has 0 unspecified atom stereocenters. The molecule has 0 fully saturated rings. The van der Waals surface area contributed by atoms with Gasteiger partial charge < -0.3 is 25.4 Å². The minimum Gasteiger partial charge on any atom is -0.506 e. The van der Waals surface area contributed by atoms with Gasteiger partial charge in [0.05, 0.1) is 27.5 Å². The predicted octanol–water partition coefficient (Wildman–Crippen LogP) is 7.93. The zero-order valence-corrected chi connectivity index (χ0v) is 25.5. The number of aromatic nitrogens is 1. The fourth-order valence-electron chi connectivity index (χ4n) is 4.59. The van der Waals surface area contributed by atoms with E-state index in [4.69, 9.17) is 16.3 Å². The van der Waals surface area contributed by atoms with Gasteiger partial charge in [0.15, 0.2) is 0 Å². The number of phenolic OH excluding ortho intramolecular Hbond substituents is 1. The van der Waals surface area contributed by atoms with Gasteiger partial charge in [-0.25, -0.2) is 4.39 Å². The van der Waals surface area contributed by atoms with Crippen LogP contribution in [0.3, 0.4) is 0 Å². The molecular formula is C34H35ClFN5O3. The Kier molecular flexibility index (Phi) is 11.5. The number of nitriles is 1. The van der Waals surface area contributed by atoms with Crippen LogP contribution in [0.1, 0.15) is 43.7 Å². The molecule has 0 spiro atoms. The molecule has 4 rings (SSSR count). The lowest BCUT2D eigenvalue weighted by Gasteiger charge is -2.15. The maximum Gasteiger partial charge on any atom is 0.248 e. The van der Waals surface area contributed by atoms with Crippen LogP contribution in [-0.4, -0.2) is 41.0 Å². The number of rotatable bonds is 14. The number of pyridine rings is 1. The van der Waals surface area contributed by atoms with E-state index in [9.17, 15) is 19.6 Å². The summed E-state index contributed by atoms with van der Waals surface area (Å²) in [5.74, 6) is -0.484. The molecule has 0 saturated heterocycles.